The summed E-state index contributed by atoms with van der Waals surface area (Å²) in [6.07, 6.45) is 3.74. The van der Waals surface area contributed by atoms with Crippen molar-refractivity contribution in [3.05, 3.63) is 40.6 Å². The molecule has 1 fully saturated rings. The molecule has 0 saturated heterocycles. The second-order valence-corrected chi connectivity index (χ2v) is 5.48. The number of likely N-dealkylation sites (N-methyl/N-ethyl adjacent to an activating group) is 1. The number of nitrogens with one attached hydrogen (secondary N) is 1. The van der Waals surface area contributed by atoms with Crippen molar-refractivity contribution in [1.82, 2.24) is 5.32 Å². The molecule has 20 heavy (non-hydrogen) atoms. The van der Waals surface area contributed by atoms with E-state index in [4.69, 9.17) is 17.3 Å². The number of nitrogens with two attached hydrogens (primary N) is 1. The second kappa shape index (κ2) is 6.18. The Morgan fingerprint density at radius 1 is 1.55 bits per heavy atom. The van der Waals surface area contributed by atoms with Crippen LogP contribution in [0.3, 0.4) is 0 Å². The monoisotopic (exact) mass is 293 g/mol. The van der Waals surface area contributed by atoms with E-state index in [9.17, 15) is 4.79 Å². The van der Waals surface area contributed by atoms with Crippen LogP contribution in [-0.4, -0.2) is 25.5 Å². The summed E-state index contributed by atoms with van der Waals surface area (Å²) in [6.45, 7) is 2.55. The van der Waals surface area contributed by atoms with Crippen molar-refractivity contribution < 1.29 is 4.79 Å². The highest BCUT2D eigenvalue weighted by Crippen LogP contribution is 2.35. The normalized spacial score (nSPS) is 15.1. The van der Waals surface area contributed by atoms with Crippen molar-refractivity contribution in [2.75, 3.05) is 18.5 Å². The van der Waals surface area contributed by atoms with Gasteiger partial charge < -0.3 is 16.0 Å². The molecule has 0 heterocycles. The van der Waals surface area contributed by atoms with Gasteiger partial charge in [-0.3, -0.25) is 4.79 Å². The third-order valence-electron chi connectivity index (χ3n) is 3.45. The molecule has 1 saturated carbocycles. The minimum atomic E-state index is -0.180. The van der Waals surface area contributed by atoms with Crippen LogP contribution in [0.2, 0.25) is 5.02 Å². The Balaban J connectivity index is 2.22. The van der Waals surface area contributed by atoms with Crippen LogP contribution in [-0.2, 0) is 4.79 Å². The number of carbonyl (C=O) groups is 1. The maximum Gasteiger partial charge on any atom is 0.245 e. The standard InChI is InChI=1S/C15H20ClN3O/c1-10-13(16)4-3-5-14(10)19(12-6-7-12)9-11(17)8-15(20)18-2/h3-5,8,12H,6-7,9,17H2,1-2H3,(H,18,20)/b11-8-. The molecule has 0 unspecified atom stereocenters. The molecule has 0 aromatic heterocycles. The molecule has 1 aromatic carbocycles. The van der Waals surface area contributed by atoms with Crippen LogP contribution >= 0.6 is 11.6 Å². The van der Waals surface area contributed by atoms with Gasteiger partial charge in [-0.1, -0.05) is 17.7 Å². The van der Waals surface area contributed by atoms with E-state index >= 15 is 0 Å². The number of halogens is 1. The van der Waals surface area contributed by atoms with Gasteiger partial charge in [-0.05, 0) is 37.5 Å². The van der Waals surface area contributed by atoms with E-state index in [1.54, 1.807) is 7.05 Å². The van der Waals surface area contributed by atoms with Crippen LogP contribution in [0.1, 0.15) is 18.4 Å². The number of anilines is 1. The number of amides is 1. The molecule has 5 heteroatoms. The molecule has 1 aliphatic rings. The van der Waals surface area contributed by atoms with Crippen LogP contribution in [0, 0.1) is 6.92 Å². The summed E-state index contributed by atoms with van der Waals surface area (Å²) < 4.78 is 0. The van der Waals surface area contributed by atoms with Gasteiger partial charge in [0.25, 0.3) is 0 Å². The zero-order valence-electron chi connectivity index (χ0n) is 11.8. The van der Waals surface area contributed by atoms with E-state index in [0.717, 1.165) is 29.1 Å². The Bertz CT molecular complexity index is 538. The largest absolute Gasteiger partial charge is 0.400 e. The minimum absolute atomic E-state index is 0.180. The van der Waals surface area contributed by atoms with Crippen molar-refractivity contribution in [3.8, 4) is 0 Å². The third kappa shape index (κ3) is 3.45. The van der Waals surface area contributed by atoms with E-state index in [-0.39, 0.29) is 5.91 Å². The van der Waals surface area contributed by atoms with Crippen molar-refractivity contribution in [2.24, 2.45) is 5.73 Å². The fourth-order valence-corrected chi connectivity index (χ4v) is 2.36. The van der Waals surface area contributed by atoms with Gasteiger partial charge in [0.2, 0.25) is 5.91 Å². The third-order valence-corrected chi connectivity index (χ3v) is 3.86. The first-order valence-corrected chi connectivity index (χ1v) is 7.10. The van der Waals surface area contributed by atoms with Crippen molar-refractivity contribution in [2.45, 2.75) is 25.8 Å². The van der Waals surface area contributed by atoms with Gasteiger partial charge in [0.15, 0.2) is 0 Å². The average molecular weight is 294 g/mol. The fourth-order valence-electron chi connectivity index (χ4n) is 2.19. The predicted octanol–water partition coefficient (Wildman–Crippen LogP) is 2.21. The Kier molecular flexibility index (Phi) is 4.55. The highest BCUT2D eigenvalue weighted by atomic mass is 35.5. The Hall–Kier alpha value is -1.68. The van der Waals surface area contributed by atoms with Crippen LogP contribution in [0.25, 0.3) is 0 Å². The van der Waals surface area contributed by atoms with Gasteiger partial charge in [-0.2, -0.15) is 0 Å². The zero-order chi connectivity index (χ0) is 14.7. The topological polar surface area (TPSA) is 58.4 Å². The van der Waals surface area contributed by atoms with E-state index in [2.05, 4.69) is 10.2 Å². The average Bonchev–Trinajstić information content (AvgIpc) is 3.24. The van der Waals surface area contributed by atoms with Crippen LogP contribution in [0.15, 0.2) is 30.0 Å². The second-order valence-electron chi connectivity index (χ2n) is 5.08. The molecule has 1 aliphatic carbocycles. The van der Waals surface area contributed by atoms with E-state index in [1.165, 1.54) is 6.08 Å². The van der Waals surface area contributed by atoms with Gasteiger partial charge in [0.05, 0.1) is 6.54 Å². The lowest BCUT2D eigenvalue weighted by Crippen LogP contribution is -2.31. The summed E-state index contributed by atoms with van der Waals surface area (Å²) in [5.41, 5.74) is 8.66. The Labute approximate surface area is 124 Å². The Morgan fingerprint density at radius 3 is 2.85 bits per heavy atom. The number of carbonyl (C=O) groups excluding carboxylic acids is 1. The maximum atomic E-state index is 11.3. The summed E-state index contributed by atoms with van der Waals surface area (Å²) in [6, 6.07) is 6.37. The molecular weight excluding hydrogens is 274 g/mol. The first-order chi connectivity index (χ1) is 9.52. The summed E-state index contributed by atoms with van der Waals surface area (Å²) in [5, 5.41) is 3.29. The molecule has 0 radical (unpaired) electrons. The quantitative estimate of drug-likeness (QED) is 0.818. The molecular formula is C15H20ClN3O. The number of rotatable bonds is 5. The van der Waals surface area contributed by atoms with Gasteiger partial charge in [0.1, 0.15) is 0 Å². The van der Waals surface area contributed by atoms with Gasteiger partial charge in [-0.25, -0.2) is 0 Å². The molecule has 0 atom stereocenters. The molecule has 1 aromatic rings. The molecule has 4 nitrogen and oxygen atoms in total. The molecule has 0 aliphatic heterocycles. The van der Waals surface area contributed by atoms with E-state index < -0.39 is 0 Å². The van der Waals surface area contributed by atoms with Crippen LogP contribution in [0.4, 0.5) is 5.69 Å². The highest BCUT2D eigenvalue weighted by Gasteiger charge is 2.30. The van der Waals surface area contributed by atoms with Gasteiger partial charge >= 0.3 is 0 Å². The molecule has 0 spiro atoms. The summed E-state index contributed by atoms with van der Waals surface area (Å²) in [4.78, 5) is 13.6. The predicted molar refractivity (Wildman–Crippen MR) is 82.9 cm³/mol. The fraction of sp³-hybridized carbons (Fsp3) is 0.400. The van der Waals surface area contributed by atoms with E-state index in [1.807, 2.05) is 25.1 Å². The summed E-state index contributed by atoms with van der Waals surface area (Å²) in [7, 11) is 1.59. The molecule has 2 rings (SSSR count). The Morgan fingerprint density at radius 2 is 2.25 bits per heavy atom. The van der Waals surface area contributed by atoms with Crippen molar-refractivity contribution >= 4 is 23.2 Å². The first kappa shape index (κ1) is 14.7. The van der Waals surface area contributed by atoms with E-state index in [0.29, 0.717) is 18.3 Å². The highest BCUT2D eigenvalue weighted by molar-refractivity contribution is 6.31. The smallest absolute Gasteiger partial charge is 0.245 e. The molecule has 108 valence electrons. The minimum Gasteiger partial charge on any atom is -0.400 e. The number of benzene rings is 1. The molecule has 0 bridgehead atoms. The zero-order valence-corrected chi connectivity index (χ0v) is 12.6. The summed E-state index contributed by atoms with van der Waals surface area (Å²) in [5.74, 6) is -0.180. The lowest BCUT2D eigenvalue weighted by Gasteiger charge is -2.27. The maximum absolute atomic E-state index is 11.3. The van der Waals surface area contributed by atoms with Crippen LogP contribution < -0.4 is 16.0 Å². The van der Waals surface area contributed by atoms with Gasteiger partial charge in [0, 0.05) is 35.6 Å². The number of hydrogen-bond acceptors (Lipinski definition) is 3. The number of hydrogen-bond donors (Lipinski definition) is 2. The van der Waals surface area contributed by atoms with Gasteiger partial charge in [-0.15, -0.1) is 0 Å². The summed E-state index contributed by atoms with van der Waals surface area (Å²) >= 11 is 6.19. The first-order valence-electron chi connectivity index (χ1n) is 6.72. The SMILES string of the molecule is CNC(=O)/C=C(\N)CN(c1cccc(Cl)c1C)C1CC1. The van der Waals surface area contributed by atoms with Crippen molar-refractivity contribution in [1.29, 1.82) is 0 Å². The number of nitrogens with zero attached hydrogens (tertiary/aromatic N) is 1. The molecule has 1 amide bonds. The molecule has 3 N–H and O–H groups in total. The lowest BCUT2D eigenvalue weighted by atomic mass is 10.1. The van der Waals surface area contributed by atoms with Crippen LogP contribution in [0.5, 0.6) is 0 Å². The van der Waals surface area contributed by atoms with Crippen molar-refractivity contribution in [3.63, 3.8) is 0 Å². The lowest BCUT2D eigenvalue weighted by molar-refractivity contribution is -0.116.